The van der Waals surface area contributed by atoms with Crippen LogP contribution >= 0.6 is 0 Å². The highest BCUT2D eigenvalue weighted by molar-refractivity contribution is 5.77. The van der Waals surface area contributed by atoms with E-state index in [2.05, 4.69) is 13.8 Å². The number of carbonyl (C=O) groups excluding carboxylic acids is 1. The van der Waals surface area contributed by atoms with Crippen molar-refractivity contribution in [1.29, 1.82) is 0 Å². The quantitative estimate of drug-likeness (QED) is 0.566. The van der Waals surface area contributed by atoms with E-state index in [1.165, 1.54) is 4.90 Å². The zero-order valence-corrected chi connectivity index (χ0v) is 17.2. The van der Waals surface area contributed by atoms with Crippen LogP contribution in [0.15, 0.2) is 0 Å². The third-order valence-corrected chi connectivity index (χ3v) is 10.3. The molecular weight excluding hydrogens is 358 g/mol. The number of methoxy groups -OCH3 is 1. The van der Waals surface area contributed by atoms with E-state index in [0.717, 1.165) is 32.4 Å². The summed E-state index contributed by atoms with van der Waals surface area (Å²) in [7, 11) is 1.80. The maximum atomic E-state index is 13.1. The third kappa shape index (κ3) is 1.68. The summed E-state index contributed by atoms with van der Waals surface area (Å²) in [6.45, 7) is 6.60. The van der Waals surface area contributed by atoms with Crippen molar-refractivity contribution in [1.82, 2.24) is 0 Å². The lowest BCUT2D eigenvalue weighted by atomic mass is 9.42. The molecule has 4 aliphatic carbocycles. The van der Waals surface area contributed by atoms with Crippen molar-refractivity contribution in [2.75, 3.05) is 20.2 Å². The molecule has 3 aliphatic heterocycles. The molecule has 0 aromatic carbocycles. The number of nitrogens with one attached hydrogen (secondary N) is 1. The fourth-order valence-electron chi connectivity index (χ4n) is 9.89. The van der Waals surface area contributed by atoms with Gasteiger partial charge >= 0.3 is 5.97 Å². The van der Waals surface area contributed by atoms with E-state index >= 15 is 0 Å². The molecule has 3 heterocycles. The van der Waals surface area contributed by atoms with Gasteiger partial charge < -0.3 is 24.6 Å². The highest BCUT2D eigenvalue weighted by Crippen LogP contribution is 2.74. The van der Waals surface area contributed by atoms with E-state index < -0.39 is 17.6 Å². The predicted octanol–water partition coefficient (Wildman–Crippen LogP) is -0.232. The molecular formula is C22H34NO5+. The predicted molar refractivity (Wildman–Crippen MR) is 99.4 cm³/mol. The van der Waals surface area contributed by atoms with Crippen LogP contribution in [0.2, 0.25) is 0 Å². The molecule has 7 aliphatic rings. The Kier molecular flexibility index (Phi) is 3.44. The van der Waals surface area contributed by atoms with Crippen molar-refractivity contribution in [3.05, 3.63) is 0 Å². The Morgan fingerprint density at radius 3 is 2.82 bits per heavy atom. The number of likely N-dealkylation sites (tertiary alicyclic amines) is 1. The average Bonchev–Trinajstić information content (AvgIpc) is 2.73. The molecule has 0 aromatic heterocycles. The van der Waals surface area contributed by atoms with Gasteiger partial charge in [-0.1, -0.05) is 6.92 Å². The summed E-state index contributed by atoms with van der Waals surface area (Å²) in [5, 5.41) is 23.9. The van der Waals surface area contributed by atoms with Gasteiger partial charge in [0.15, 0.2) is 0 Å². The molecule has 7 fully saturated rings. The van der Waals surface area contributed by atoms with Gasteiger partial charge in [0.1, 0.15) is 12.1 Å². The highest BCUT2D eigenvalue weighted by Gasteiger charge is 2.86. The summed E-state index contributed by atoms with van der Waals surface area (Å²) in [5.41, 5.74) is -1.37. The smallest absolute Gasteiger partial charge is 0.312 e. The Labute approximate surface area is 166 Å². The molecule has 12 unspecified atom stereocenters. The molecule has 0 radical (unpaired) electrons. The summed E-state index contributed by atoms with van der Waals surface area (Å²) in [6, 6.07) is 0.159. The number of fused-ring (bicyclic) bond motifs is 2. The number of carbonyl (C=O) groups is 1. The van der Waals surface area contributed by atoms with Crippen LogP contribution in [0.1, 0.15) is 46.0 Å². The van der Waals surface area contributed by atoms with Crippen LogP contribution in [-0.2, 0) is 14.3 Å². The van der Waals surface area contributed by atoms with Crippen molar-refractivity contribution in [3.63, 3.8) is 0 Å². The van der Waals surface area contributed by atoms with Crippen molar-refractivity contribution < 1.29 is 29.4 Å². The van der Waals surface area contributed by atoms with E-state index in [9.17, 15) is 15.0 Å². The fourth-order valence-corrected chi connectivity index (χ4v) is 9.89. The van der Waals surface area contributed by atoms with Crippen LogP contribution in [-0.4, -0.2) is 66.3 Å². The van der Waals surface area contributed by atoms with Gasteiger partial charge in [-0.3, -0.25) is 4.79 Å². The minimum atomic E-state index is -1.15. The Bertz CT molecular complexity index is 730. The second-order valence-corrected chi connectivity index (χ2v) is 11.0. The van der Waals surface area contributed by atoms with Gasteiger partial charge in [-0.2, -0.15) is 0 Å². The molecule has 1 spiro atoms. The lowest BCUT2D eigenvalue weighted by Crippen LogP contribution is -3.21. The molecule has 6 nitrogen and oxygen atoms in total. The number of hydrogen-bond donors (Lipinski definition) is 3. The van der Waals surface area contributed by atoms with E-state index in [1.54, 1.807) is 7.11 Å². The number of aliphatic hydroxyl groups excluding tert-OH is 1. The molecule has 12 atom stereocenters. The van der Waals surface area contributed by atoms with Gasteiger partial charge in [0.25, 0.3) is 0 Å². The monoisotopic (exact) mass is 392 g/mol. The SMILES string of the molecule is CC[NH+]1CC2(C)CCC(OC)C34C5CC6CCC(O)(C5C(=O)O6)C(C(O)C23)C14. The molecule has 28 heavy (non-hydrogen) atoms. The Hall–Kier alpha value is -0.690. The van der Waals surface area contributed by atoms with Crippen LogP contribution < -0.4 is 4.90 Å². The van der Waals surface area contributed by atoms with Crippen molar-refractivity contribution >= 4 is 5.97 Å². The van der Waals surface area contributed by atoms with Gasteiger partial charge in [0.2, 0.25) is 0 Å². The molecule has 0 amide bonds. The summed E-state index contributed by atoms with van der Waals surface area (Å²) in [4.78, 5) is 14.6. The molecule has 4 saturated carbocycles. The summed E-state index contributed by atoms with van der Waals surface area (Å²) >= 11 is 0. The summed E-state index contributed by atoms with van der Waals surface area (Å²) < 4.78 is 11.9. The maximum Gasteiger partial charge on any atom is 0.312 e. The van der Waals surface area contributed by atoms with Gasteiger partial charge in [-0.05, 0) is 44.9 Å². The molecule has 9 bridgehead atoms. The molecule has 156 valence electrons. The molecule has 3 N–H and O–H groups in total. The first-order chi connectivity index (χ1) is 13.3. The fraction of sp³-hybridized carbons (Fsp3) is 0.955. The van der Waals surface area contributed by atoms with Crippen molar-refractivity contribution in [2.24, 2.45) is 34.5 Å². The Morgan fingerprint density at radius 2 is 2.11 bits per heavy atom. The van der Waals surface area contributed by atoms with Gasteiger partial charge in [-0.15, -0.1) is 0 Å². The van der Waals surface area contributed by atoms with Gasteiger partial charge in [0, 0.05) is 18.4 Å². The molecule has 3 saturated heterocycles. The summed E-state index contributed by atoms with van der Waals surface area (Å²) in [6.07, 6.45) is 3.50. The lowest BCUT2D eigenvalue weighted by molar-refractivity contribution is -0.952. The Morgan fingerprint density at radius 1 is 1.32 bits per heavy atom. The minimum absolute atomic E-state index is 0.0247. The largest absolute Gasteiger partial charge is 0.462 e. The highest BCUT2D eigenvalue weighted by atomic mass is 16.5. The van der Waals surface area contributed by atoms with Crippen LogP contribution in [0.4, 0.5) is 0 Å². The number of hydrogen-bond acceptors (Lipinski definition) is 5. The topological polar surface area (TPSA) is 80.4 Å². The maximum absolute atomic E-state index is 13.1. The normalized spacial score (nSPS) is 63.8. The second kappa shape index (κ2) is 5.32. The minimum Gasteiger partial charge on any atom is -0.462 e. The molecule has 6 heteroatoms. The second-order valence-electron chi connectivity index (χ2n) is 11.0. The van der Waals surface area contributed by atoms with Crippen LogP contribution in [0, 0.1) is 34.5 Å². The van der Waals surface area contributed by atoms with Gasteiger partial charge in [0.05, 0.1) is 48.1 Å². The van der Waals surface area contributed by atoms with E-state index in [-0.39, 0.29) is 52.8 Å². The standard InChI is InChI=1S/C22H33NO5/c1-4-23-10-20(2)7-6-13(27-3)22-12-9-11-5-8-21(26,14(12)19(25)28-11)15(18(22)23)16(24)17(20)22/h11-18,24,26H,4-10H2,1-3H3/p+1. The number of esters is 1. The number of piperidine rings is 1. The van der Waals surface area contributed by atoms with Crippen LogP contribution in [0.3, 0.4) is 0 Å². The lowest BCUT2D eigenvalue weighted by Gasteiger charge is -2.67. The zero-order valence-electron chi connectivity index (χ0n) is 17.2. The zero-order chi connectivity index (χ0) is 19.6. The van der Waals surface area contributed by atoms with Crippen molar-refractivity contribution in [3.8, 4) is 0 Å². The average molecular weight is 393 g/mol. The first-order valence-electron chi connectivity index (χ1n) is 11.3. The number of ether oxygens (including phenoxy) is 2. The summed E-state index contributed by atoms with van der Waals surface area (Å²) in [5.74, 6) is -0.868. The first-order valence-corrected chi connectivity index (χ1v) is 11.3. The van der Waals surface area contributed by atoms with E-state index in [4.69, 9.17) is 9.47 Å². The number of quaternary nitrogens is 1. The first kappa shape index (κ1) is 18.1. The van der Waals surface area contributed by atoms with E-state index in [1.807, 2.05) is 0 Å². The van der Waals surface area contributed by atoms with Crippen LogP contribution in [0.5, 0.6) is 0 Å². The molecule has 0 aromatic rings. The van der Waals surface area contributed by atoms with Crippen molar-refractivity contribution in [2.45, 2.75) is 75.9 Å². The van der Waals surface area contributed by atoms with Crippen LogP contribution in [0.25, 0.3) is 0 Å². The van der Waals surface area contributed by atoms with Gasteiger partial charge in [-0.25, -0.2) is 0 Å². The van der Waals surface area contributed by atoms with E-state index in [0.29, 0.717) is 12.8 Å². The Balaban J connectivity index is 1.66. The number of aliphatic hydroxyl groups is 2. The molecule has 7 rings (SSSR count). The third-order valence-electron chi connectivity index (χ3n) is 10.3. The number of rotatable bonds is 2.